The minimum atomic E-state index is -0.925. The SMILES string of the molecule is C[C@]1(C(=O)O)CCC[C@H]1NC(=O)OCC1c2ccccc2-c2ccccc21. The van der Waals surface area contributed by atoms with E-state index in [-0.39, 0.29) is 12.5 Å². The maximum atomic E-state index is 12.4. The van der Waals surface area contributed by atoms with Crippen LogP contribution in [0.5, 0.6) is 0 Å². The average molecular weight is 365 g/mol. The van der Waals surface area contributed by atoms with Gasteiger partial charge in [-0.3, -0.25) is 4.79 Å². The van der Waals surface area contributed by atoms with Gasteiger partial charge >= 0.3 is 12.1 Å². The van der Waals surface area contributed by atoms with E-state index in [4.69, 9.17) is 4.74 Å². The van der Waals surface area contributed by atoms with Crippen LogP contribution in [-0.4, -0.2) is 29.8 Å². The van der Waals surface area contributed by atoms with Gasteiger partial charge in [0.1, 0.15) is 6.61 Å². The number of carboxylic acid groups (broad SMARTS) is 1. The van der Waals surface area contributed by atoms with Crippen LogP contribution in [0.15, 0.2) is 48.5 Å². The summed E-state index contributed by atoms with van der Waals surface area (Å²) >= 11 is 0. The van der Waals surface area contributed by atoms with Gasteiger partial charge in [-0.15, -0.1) is 0 Å². The Balaban J connectivity index is 1.46. The molecule has 5 heteroatoms. The van der Waals surface area contributed by atoms with E-state index in [9.17, 15) is 14.7 Å². The van der Waals surface area contributed by atoms with Crippen molar-refractivity contribution < 1.29 is 19.4 Å². The van der Waals surface area contributed by atoms with Gasteiger partial charge < -0.3 is 15.2 Å². The van der Waals surface area contributed by atoms with Crippen molar-refractivity contribution in [2.75, 3.05) is 6.61 Å². The summed E-state index contributed by atoms with van der Waals surface area (Å²) < 4.78 is 5.53. The van der Waals surface area contributed by atoms with Crippen molar-refractivity contribution in [1.82, 2.24) is 5.32 Å². The van der Waals surface area contributed by atoms with Crippen molar-refractivity contribution in [3.05, 3.63) is 59.7 Å². The molecule has 140 valence electrons. The molecule has 2 atom stereocenters. The van der Waals surface area contributed by atoms with Crippen LogP contribution in [-0.2, 0) is 9.53 Å². The Morgan fingerprint density at radius 3 is 2.30 bits per heavy atom. The number of amides is 1. The average Bonchev–Trinajstić information content (AvgIpc) is 3.19. The molecule has 0 bridgehead atoms. The van der Waals surface area contributed by atoms with Crippen LogP contribution in [0.1, 0.15) is 43.2 Å². The number of carbonyl (C=O) groups is 2. The summed E-state index contributed by atoms with van der Waals surface area (Å²) in [5.41, 5.74) is 3.74. The van der Waals surface area contributed by atoms with Crippen LogP contribution >= 0.6 is 0 Å². The highest BCUT2D eigenvalue weighted by atomic mass is 16.5. The van der Waals surface area contributed by atoms with Crippen molar-refractivity contribution in [2.45, 2.75) is 38.1 Å². The first-order valence-electron chi connectivity index (χ1n) is 9.35. The van der Waals surface area contributed by atoms with Crippen molar-refractivity contribution >= 4 is 12.1 Å². The van der Waals surface area contributed by atoms with Crippen LogP contribution in [0.2, 0.25) is 0 Å². The van der Waals surface area contributed by atoms with Crippen LogP contribution < -0.4 is 5.32 Å². The number of carboxylic acids is 1. The first-order chi connectivity index (χ1) is 13.0. The molecule has 1 amide bonds. The van der Waals surface area contributed by atoms with E-state index in [1.807, 2.05) is 24.3 Å². The largest absolute Gasteiger partial charge is 0.481 e. The van der Waals surface area contributed by atoms with E-state index >= 15 is 0 Å². The van der Waals surface area contributed by atoms with E-state index in [1.54, 1.807) is 6.92 Å². The highest BCUT2D eigenvalue weighted by Crippen LogP contribution is 2.44. The van der Waals surface area contributed by atoms with Gasteiger partial charge in [0.05, 0.1) is 5.41 Å². The lowest BCUT2D eigenvalue weighted by molar-refractivity contribution is -0.148. The van der Waals surface area contributed by atoms with Gasteiger partial charge in [-0.2, -0.15) is 0 Å². The number of alkyl carbamates (subject to hydrolysis) is 1. The molecule has 2 aromatic rings. The van der Waals surface area contributed by atoms with Crippen LogP contribution in [0, 0.1) is 5.41 Å². The Labute approximate surface area is 158 Å². The number of fused-ring (bicyclic) bond motifs is 3. The minimum absolute atomic E-state index is 0.00224. The second kappa shape index (κ2) is 6.72. The smallest absolute Gasteiger partial charge is 0.407 e. The third-order valence-corrected chi connectivity index (χ3v) is 6.08. The Morgan fingerprint density at radius 2 is 1.70 bits per heavy atom. The summed E-state index contributed by atoms with van der Waals surface area (Å²) in [7, 11) is 0. The zero-order valence-corrected chi connectivity index (χ0v) is 15.3. The van der Waals surface area contributed by atoms with Gasteiger partial charge in [-0.25, -0.2) is 4.79 Å². The molecule has 2 aromatic carbocycles. The molecule has 1 saturated carbocycles. The Kier molecular flexibility index (Phi) is 4.38. The molecule has 0 unspecified atom stereocenters. The van der Waals surface area contributed by atoms with Gasteiger partial charge in [0.25, 0.3) is 0 Å². The molecular formula is C22H23NO4. The second-order valence-corrected chi connectivity index (χ2v) is 7.64. The van der Waals surface area contributed by atoms with Crippen molar-refractivity contribution in [3.63, 3.8) is 0 Å². The third-order valence-electron chi connectivity index (χ3n) is 6.08. The zero-order valence-electron chi connectivity index (χ0n) is 15.3. The number of ether oxygens (including phenoxy) is 1. The van der Waals surface area contributed by atoms with Gasteiger partial charge in [0, 0.05) is 12.0 Å². The topological polar surface area (TPSA) is 75.6 Å². The number of benzene rings is 2. The quantitative estimate of drug-likeness (QED) is 0.853. The first kappa shape index (κ1) is 17.6. The highest BCUT2D eigenvalue weighted by molar-refractivity contribution is 5.79. The molecule has 5 nitrogen and oxygen atoms in total. The number of rotatable bonds is 4. The van der Waals surface area contributed by atoms with Gasteiger partial charge in [-0.1, -0.05) is 55.0 Å². The molecule has 0 aliphatic heterocycles. The summed E-state index contributed by atoms with van der Waals surface area (Å²) in [6, 6.07) is 15.9. The predicted molar refractivity (Wildman–Crippen MR) is 102 cm³/mol. The zero-order chi connectivity index (χ0) is 19.0. The van der Waals surface area contributed by atoms with E-state index in [0.29, 0.717) is 12.8 Å². The molecule has 0 radical (unpaired) electrons. The first-order valence-corrected chi connectivity index (χ1v) is 9.35. The number of nitrogens with one attached hydrogen (secondary N) is 1. The lowest BCUT2D eigenvalue weighted by atomic mass is 9.85. The fourth-order valence-electron chi connectivity index (χ4n) is 4.44. The lowest BCUT2D eigenvalue weighted by Gasteiger charge is -2.27. The minimum Gasteiger partial charge on any atom is -0.481 e. The molecule has 0 saturated heterocycles. The van der Waals surface area contributed by atoms with Gasteiger partial charge in [0.15, 0.2) is 0 Å². The molecule has 2 aliphatic carbocycles. The molecule has 0 aromatic heterocycles. The van der Waals surface area contributed by atoms with Crippen molar-refractivity contribution in [2.24, 2.45) is 5.41 Å². The number of aliphatic carboxylic acids is 1. The molecule has 2 N–H and O–H groups in total. The van der Waals surface area contributed by atoms with E-state index in [2.05, 4.69) is 29.6 Å². The van der Waals surface area contributed by atoms with Crippen molar-refractivity contribution in [1.29, 1.82) is 0 Å². The standard InChI is InChI=1S/C22H23NO4/c1-22(20(24)25)12-6-11-19(22)23-21(26)27-13-18-16-9-4-2-7-14(16)15-8-3-5-10-17(15)18/h2-5,7-10,18-19H,6,11-13H2,1H3,(H,23,26)(H,24,25)/t19-,22+/m1/s1. The van der Waals surface area contributed by atoms with E-state index in [0.717, 1.165) is 17.5 Å². The lowest BCUT2D eigenvalue weighted by Crippen LogP contribution is -2.47. The summed E-state index contributed by atoms with van der Waals surface area (Å²) in [5.74, 6) is -0.874. The molecule has 1 fully saturated rings. The molecular weight excluding hydrogens is 342 g/mol. The third kappa shape index (κ3) is 2.97. The molecule has 2 aliphatic rings. The second-order valence-electron chi connectivity index (χ2n) is 7.64. The maximum Gasteiger partial charge on any atom is 0.407 e. The van der Waals surface area contributed by atoms with Crippen LogP contribution in [0.4, 0.5) is 4.79 Å². The summed E-state index contributed by atoms with van der Waals surface area (Å²) in [6.45, 7) is 1.92. The maximum absolute atomic E-state index is 12.4. The van der Waals surface area contributed by atoms with E-state index in [1.165, 1.54) is 11.1 Å². The number of carbonyl (C=O) groups excluding carboxylic acids is 1. The Hall–Kier alpha value is -2.82. The summed E-state index contributed by atoms with van der Waals surface area (Å²) in [4.78, 5) is 23.9. The molecule has 4 rings (SSSR count). The highest BCUT2D eigenvalue weighted by Gasteiger charge is 2.46. The van der Waals surface area contributed by atoms with Gasteiger partial charge in [-0.05, 0) is 42.0 Å². The fourth-order valence-corrected chi connectivity index (χ4v) is 4.44. The van der Waals surface area contributed by atoms with Gasteiger partial charge in [0.2, 0.25) is 0 Å². The predicted octanol–water partition coefficient (Wildman–Crippen LogP) is 4.17. The summed E-state index contributed by atoms with van der Waals surface area (Å²) in [5, 5.41) is 12.3. The van der Waals surface area contributed by atoms with Crippen LogP contribution in [0.25, 0.3) is 11.1 Å². The molecule has 0 spiro atoms. The monoisotopic (exact) mass is 365 g/mol. The number of hydrogen-bond donors (Lipinski definition) is 2. The van der Waals surface area contributed by atoms with Crippen LogP contribution in [0.3, 0.4) is 0 Å². The van der Waals surface area contributed by atoms with E-state index < -0.39 is 23.5 Å². The Bertz CT molecular complexity index is 848. The Morgan fingerprint density at radius 1 is 1.11 bits per heavy atom. The summed E-state index contributed by atoms with van der Waals surface area (Å²) in [6.07, 6.45) is 1.47. The molecule has 0 heterocycles. The molecule has 27 heavy (non-hydrogen) atoms. The number of hydrogen-bond acceptors (Lipinski definition) is 3. The fraction of sp³-hybridized carbons (Fsp3) is 0.364. The van der Waals surface area contributed by atoms with Crippen molar-refractivity contribution in [3.8, 4) is 11.1 Å². The normalized spacial score (nSPS) is 23.5.